The molecule has 0 aliphatic rings. The minimum absolute atomic E-state index is 0.269. The van der Waals surface area contributed by atoms with Gasteiger partial charge in [0.25, 0.3) is 0 Å². The van der Waals surface area contributed by atoms with Crippen molar-refractivity contribution >= 4 is 5.84 Å². The first-order chi connectivity index (χ1) is 6.38. The molecule has 1 aromatic carbocycles. The second-order valence-electron chi connectivity index (χ2n) is 2.16. The van der Waals surface area contributed by atoms with Gasteiger partial charge in [0.05, 0.1) is 0 Å². The molecule has 0 aromatic heterocycles. The number of amidine groups is 1. The molecule has 1 rings (SSSR count). The third-order valence-electron chi connectivity index (χ3n) is 1.38. The molecule has 0 heterocycles. The van der Waals surface area contributed by atoms with Gasteiger partial charge in [-0.1, -0.05) is 30.3 Å². The summed E-state index contributed by atoms with van der Waals surface area (Å²) in [6, 6.07) is 8.99. The third kappa shape index (κ3) is 2.32. The predicted octanol–water partition coefficient (Wildman–Crippen LogP) is 0.985. The number of benzene rings is 1. The number of rotatable bonds is 1. The van der Waals surface area contributed by atoms with E-state index in [1.165, 1.54) is 0 Å². The Bertz CT molecular complexity index is 380. The topological polar surface area (TPSA) is 72.0 Å². The van der Waals surface area contributed by atoms with Crippen LogP contribution in [0.2, 0.25) is 0 Å². The molecule has 0 aliphatic carbocycles. The van der Waals surface area contributed by atoms with Crippen molar-refractivity contribution < 1.29 is 0 Å². The van der Waals surface area contributed by atoms with Crippen molar-refractivity contribution in [3.63, 3.8) is 0 Å². The molecule has 1 aromatic rings. The number of hydrogen-bond acceptors (Lipinski definition) is 3. The quantitative estimate of drug-likeness (QED) is 0.295. The normalized spacial score (nSPS) is 9.85. The molecule has 0 saturated heterocycles. The van der Waals surface area contributed by atoms with E-state index in [0.717, 1.165) is 0 Å². The number of nitrogens with one attached hydrogen (secondary N) is 1. The lowest BCUT2D eigenvalue weighted by Gasteiger charge is -1.99. The van der Waals surface area contributed by atoms with Gasteiger partial charge in [0.2, 0.25) is 6.19 Å². The summed E-state index contributed by atoms with van der Waals surface area (Å²) in [5, 5.41) is 19.0. The van der Waals surface area contributed by atoms with Crippen molar-refractivity contribution in [1.29, 1.82) is 10.5 Å². The van der Waals surface area contributed by atoms with E-state index in [-0.39, 0.29) is 5.84 Å². The Morgan fingerprint density at radius 2 is 1.92 bits per heavy atom. The van der Waals surface area contributed by atoms with E-state index in [4.69, 9.17) is 10.5 Å². The second kappa shape index (κ2) is 4.53. The van der Waals surface area contributed by atoms with Crippen LogP contribution in [-0.2, 0) is 0 Å². The van der Waals surface area contributed by atoms with E-state index >= 15 is 0 Å². The summed E-state index contributed by atoms with van der Waals surface area (Å²) < 4.78 is 0. The van der Waals surface area contributed by atoms with Crippen LogP contribution < -0.4 is 5.32 Å². The molecule has 0 saturated carbocycles. The average molecular weight is 170 g/mol. The van der Waals surface area contributed by atoms with Crippen LogP contribution >= 0.6 is 0 Å². The highest BCUT2D eigenvalue weighted by molar-refractivity contribution is 6.00. The van der Waals surface area contributed by atoms with Crippen LogP contribution in [0, 0.1) is 22.9 Å². The van der Waals surface area contributed by atoms with E-state index in [1.54, 1.807) is 36.7 Å². The Morgan fingerprint density at radius 3 is 2.46 bits per heavy atom. The second-order valence-corrected chi connectivity index (χ2v) is 2.16. The van der Waals surface area contributed by atoms with Gasteiger partial charge in [-0.25, -0.2) is 0 Å². The van der Waals surface area contributed by atoms with Gasteiger partial charge < -0.3 is 0 Å². The van der Waals surface area contributed by atoms with Crippen LogP contribution in [0.5, 0.6) is 0 Å². The molecule has 0 amide bonds. The molecule has 0 aliphatic heterocycles. The lowest BCUT2D eigenvalue weighted by molar-refractivity contribution is 1.24. The third-order valence-corrected chi connectivity index (χ3v) is 1.38. The van der Waals surface area contributed by atoms with Crippen LogP contribution in [0.25, 0.3) is 0 Å². The van der Waals surface area contributed by atoms with Gasteiger partial charge in [0, 0.05) is 5.56 Å². The minimum Gasteiger partial charge on any atom is -0.276 e. The molecule has 1 N–H and O–H groups in total. The smallest absolute Gasteiger partial charge is 0.207 e. The Kier molecular flexibility index (Phi) is 3.05. The summed E-state index contributed by atoms with van der Waals surface area (Å²) in [4.78, 5) is 3.47. The van der Waals surface area contributed by atoms with Crippen molar-refractivity contribution in [2.24, 2.45) is 4.99 Å². The highest BCUT2D eigenvalue weighted by Crippen LogP contribution is 1.98. The zero-order valence-electron chi connectivity index (χ0n) is 6.73. The van der Waals surface area contributed by atoms with Gasteiger partial charge in [0.1, 0.15) is 0 Å². The van der Waals surface area contributed by atoms with E-state index in [2.05, 4.69) is 10.3 Å². The summed E-state index contributed by atoms with van der Waals surface area (Å²) in [6.07, 6.45) is 3.34. The lowest BCUT2D eigenvalue weighted by atomic mass is 10.2. The summed E-state index contributed by atoms with van der Waals surface area (Å²) in [5.41, 5.74) is 0.714. The standard InChI is InChI=1S/C9H6N4/c10-6-12-9(13-7-11)8-4-2-1-3-5-8/h1-5H,(H,12,13). The van der Waals surface area contributed by atoms with Crippen molar-refractivity contribution in [3.05, 3.63) is 35.9 Å². The molecule has 62 valence electrons. The fourth-order valence-corrected chi connectivity index (χ4v) is 0.864. The van der Waals surface area contributed by atoms with Crippen molar-refractivity contribution in [2.75, 3.05) is 0 Å². The monoisotopic (exact) mass is 170 g/mol. The molecule has 0 fully saturated rings. The maximum absolute atomic E-state index is 8.37. The van der Waals surface area contributed by atoms with Gasteiger partial charge >= 0.3 is 0 Å². The molecule has 0 atom stereocenters. The van der Waals surface area contributed by atoms with E-state index < -0.39 is 0 Å². The molecule has 4 nitrogen and oxygen atoms in total. The maximum atomic E-state index is 8.37. The number of hydrogen-bond donors (Lipinski definition) is 1. The molecular formula is C9H6N4. The van der Waals surface area contributed by atoms with Gasteiger partial charge in [-0.2, -0.15) is 15.5 Å². The molecule has 0 spiro atoms. The van der Waals surface area contributed by atoms with Gasteiger partial charge in [-0.05, 0) is 0 Å². The molecule has 0 radical (unpaired) electrons. The van der Waals surface area contributed by atoms with Gasteiger partial charge in [0.15, 0.2) is 12.0 Å². The Labute approximate surface area is 75.8 Å². The number of aliphatic imine (C=N–C) groups is 1. The van der Waals surface area contributed by atoms with E-state index in [0.29, 0.717) is 5.56 Å². The van der Waals surface area contributed by atoms with Gasteiger partial charge in [-0.3, -0.25) is 5.32 Å². The summed E-state index contributed by atoms with van der Waals surface area (Å²) in [5.74, 6) is 0.269. The van der Waals surface area contributed by atoms with Crippen LogP contribution in [0.4, 0.5) is 0 Å². The molecule has 0 bridgehead atoms. The fourth-order valence-electron chi connectivity index (χ4n) is 0.864. The molecule has 4 heteroatoms. The van der Waals surface area contributed by atoms with E-state index in [9.17, 15) is 0 Å². The summed E-state index contributed by atoms with van der Waals surface area (Å²) in [7, 11) is 0. The molecule has 0 unspecified atom stereocenters. The van der Waals surface area contributed by atoms with Crippen molar-refractivity contribution in [3.8, 4) is 12.4 Å². The van der Waals surface area contributed by atoms with Crippen molar-refractivity contribution in [2.45, 2.75) is 0 Å². The van der Waals surface area contributed by atoms with Gasteiger partial charge in [-0.15, -0.1) is 0 Å². The van der Waals surface area contributed by atoms with Crippen LogP contribution in [0.3, 0.4) is 0 Å². The minimum atomic E-state index is 0.269. The summed E-state index contributed by atoms with van der Waals surface area (Å²) in [6.45, 7) is 0. The lowest BCUT2D eigenvalue weighted by Crippen LogP contribution is -2.18. The highest BCUT2D eigenvalue weighted by Gasteiger charge is 1.99. The molecular weight excluding hydrogens is 164 g/mol. The zero-order valence-corrected chi connectivity index (χ0v) is 6.73. The Morgan fingerprint density at radius 1 is 1.23 bits per heavy atom. The average Bonchev–Trinajstić information content (AvgIpc) is 2.19. The summed E-state index contributed by atoms with van der Waals surface area (Å²) >= 11 is 0. The maximum Gasteiger partial charge on any atom is 0.207 e. The fraction of sp³-hybridized carbons (Fsp3) is 0. The van der Waals surface area contributed by atoms with Crippen LogP contribution in [0.1, 0.15) is 5.56 Å². The Balaban J connectivity index is 2.99. The predicted molar refractivity (Wildman–Crippen MR) is 47.3 cm³/mol. The molecule has 13 heavy (non-hydrogen) atoms. The Hall–Kier alpha value is -2.33. The van der Waals surface area contributed by atoms with Crippen molar-refractivity contribution in [1.82, 2.24) is 5.32 Å². The van der Waals surface area contributed by atoms with E-state index in [1.807, 2.05) is 6.07 Å². The van der Waals surface area contributed by atoms with Crippen LogP contribution in [-0.4, -0.2) is 5.84 Å². The number of nitrogens with zero attached hydrogens (tertiary/aromatic N) is 3. The highest BCUT2D eigenvalue weighted by atomic mass is 15.0. The van der Waals surface area contributed by atoms with Crippen LogP contribution in [0.15, 0.2) is 35.3 Å². The first-order valence-corrected chi connectivity index (χ1v) is 3.56. The first-order valence-electron chi connectivity index (χ1n) is 3.56. The zero-order chi connectivity index (χ0) is 9.52. The number of nitriles is 2. The SMILES string of the molecule is N#CN=C(NC#N)c1ccccc1. The largest absolute Gasteiger partial charge is 0.276 e. The first kappa shape index (κ1) is 8.76.